The molecule has 1 atom stereocenters. The lowest BCUT2D eigenvalue weighted by molar-refractivity contribution is 0.0950. The average Bonchev–Trinajstić information content (AvgIpc) is 3.07. The zero-order chi connectivity index (χ0) is 15.4. The zero-order valence-corrected chi connectivity index (χ0v) is 13.1. The predicted molar refractivity (Wildman–Crippen MR) is 90.2 cm³/mol. The molecule has 0 spiro atoms. The number of amides is 1. The van der Waals surface area contributed by atoms with Crippen molar-refractivity contribution < 1.29 is 4.79 Å². The van der Waals surface area contributed by atoms with Crippen LogP contribution in [0.1, 0.15) is 23.2 Å². The molecule has 1 aliphatic rings. The van der Waals surface area contributed by atoms with E-state index in [2.05, 4.69) is 10.6 Å². The topological polar surface area (TPSA) is 41.1 Å². The van der Waals surface area contributed by atoms with Gasteiger partial charge in [0.05, 0.1) is 10.6 Å². The number of nitrogens with one attached hydrogen (secondary N) is 2. The van der Waals surface area contributed by atoms with Crippen molar-refractivity contribution in [1.29, 1.82) is 0 Å². The molecule has 3 rings (SSSR count). The van der Waals surface area contributed by atoms with Crippen LogP contribution in [0.25, 0.3) is 11.1 Å². The van der Waals surface area contributed by atoms with Crippen molar-refractivity contribution in [2.75, 3.05) is 13.1 Å². The van der Waals surface area contributed by atoms with Gasteiger partial charge in [-0.15, -0.1) is 0 Å². The molecule has 0 bridgehead atoms. The number of carbonyl (C=O) groups excluding carboxylic acids is 1. The minimum absolute atomic E-state index is 0.114. The largest absolute Gasteiger partial charge is 0.350 e. The van der Waals surface area contributed by atoms with Gasteiger partial charge in [0.15, 0.2) is 0 Å². The summed E-state index contributed by atoms with van der Waals surface area (Å²) < 4.78 is 0. The molecule has 3 nitrogen and oxygen atoms in total. The maximum absolute atomic E-state index is 12.4. The van der Waals surface area contributed by atoms with E-state index in [1.165, 1.54) is 6.42 Å². The van der Waals surface area contributed by atoms with E-state index >= 15 is 0 Å². The summed E-state index contributed by atoms with van der Waals surface area (Å²) >= 11 is 6.20. The summed E-state index contributed by atoms with van der Waals surface area (Å²) in [4.78, 5) is 12.4. The smallest absolute Gasteiger partial charge is 0.252 e. The van der Waals surface area contributed by atoms with Crippen LogP contribution in [0, 0.1) is 0 Å². The molecule has 0 saturated carbocycles. The Hall–Kier alpha value is -1.84. The van der Waals surface area contributed by atoms with Gasteiger partial charge < -0.3 is 10.6 Å². The number of carbonyl (C=O) groups is 1. The molecule has 0 radical (unpaired) electrons. The van der Waals surface area contributed by atoms with E-state index in [1.807, 2.05) is 42.5 Å². The molecule has 1 heterocycles. The van der Waals surface area contributed by atoms with E-state index in [0.29, 0.717) is 23.2 Å². The lowest BCUT2D eigenvalue weighted by atomic mass is 10.0. The molecule has 1 saturated heterocycles. The molecule has 22 heavy (non-hydrogen) atoms. The average molecular weight is 315 g/mol. The van der Waals surface area contributed by atoms with E-state index in [1.54, 1.807) is 6.07 Å². The number of benzene rings is 2. The summed E-state index contributed by atoms with van der Waals surface area (Å²) in [6.45, 7) is 1.68. The van der Waals surface area contributed by atoms with Gasteiger partial charge in [0.25, 0.3) is 5.91 Å². The van der Waals surface area contributed by atoms with Crippen LogP contribution in [-0.4, -0.2) is 25.0 Å². The molecule has 1 amide bonds. The molecule has 0 aliphatic carbocycles. The highest BCUT2D eigenvalue weighted by molar-refractivity contribution is 6.34. The summed E-state index contributed by atoms with van der Waals surface area (Å²) in [7, 11) is 0. The number of rotatable bonds is 4. The lowest BCUT2D eigenvalue weighted by Crippen LogP contribution is -2.37. The fourth-order valence-corrected chi connectivity index (χ4v) is 2.95. The third kappa shape index (κ3) is 3.49. The van der Waals surface area contributed by atoms with Gasteiger partial charge >= 0.3 is 0 Å². The van der Waals surface area contributed by atoms with Gasteiger partial charge in [-0.25, -0.2) is 0 Å². The van der Waals surface area contributed by atoms with Crippen molar-refractivity contribution in [3.05, 3.63) is 59.1 Å². The highest BCUT2D eigenvalue weighted by atomic mass is 35.5. The van der Waals surface area contributed by atoms with Crippen molar-refractivity contribution in [1.82, 2.24) is 10.6 Å². The Morgan fingerprint density at radius 3 is 2.73 bits per heavy atom. The molecule has 2 aromatic carbocycles. The molecule has 114 valence electrons. The van der Waals surface area contributed by atoms with E-state index < -0.39 is 0 Å². The van der Waals surface area contributed by atoms with Crippen molar-refractivity contribution in [2.24, 2.45) is 0 Å². The van der Waals surface area contributed by atoms with Crippen LogP contribution in [0.5, 0.6) is 0 Å². The van der Waals surface area contributed by atoms with Crippen LogP contribution >= 0.6 is 11.6 Å². The van der Waals surface area contributed by atoms with Crippen LogP contribution in [-0.2, 0) is 0 Å². The van der Waals surface area contributed by atoms with Gasteiger partial charge in [0, 0.05) is 12.6 Å². The standard InChI is InChI=1S/C18H19ClN2O/c19-17-9-8-14(13-5-2-1-3-6-13)11-16(17)18(22)21-12-15-7-4-10-20-15/h1-3,5-6,8-9,11,15,20H,4,7,10,12H2,(H,21,22). The van der Waals surface area contributed by atoms with Crippen LogP contribution in [0.2, 0.25) is 5.02 Å². The minimum Gasteiger partial charge on any atom is -0.350 e. The van der Waals surface area contributed by atoms with Crippen molar-refractivity contribution >= 4 is 17.5 Å². The normalized spacial score (nSPS) is 17.4. The van der Waals surface area contributed by atoms with Crippen LogP contribution in [0.15, 0.2) is 48.5 Å². The second-order valence-corrected chi connectivity index (χ2v) is 5.97. The van der Waals surface area contributed by atoms with Crippen LogP contribution in [0.3, 0.4) is 0 Å². The molecule has 1 fully saturated rings. The highest BCUT2D eigenvalue weighted by Crippen LogP contribution is 2.25. The molecule has 2 aromatic rings. The van der Waals surface area contributed by atoms with Crippen molar-refractivity contribution in [2.45, 2.75) is 18.9 Å². The lowest BCUT2D eigenvalue weighted by Gasteiger charge is -2.13. The Kier molecular flexibility index (Phi) is 4.76. The Morgan fingerprint density at radius 1 is 1.18 bits per heavy atom. The van der Waals surface area contributed by atoms with Crippen LogP contribution < -0.4 is 10.6 Å². The number of hydrogen-bond donors (Lipinski definition) is 2. The monoisotopic (exact) mass is 314 g/mol. The van der Waals surface area contributed by atoms with Gasteiger partial charge in [-0.2, -0.15) is 0 Å². The summed E-state index contributed by atoms with van der Waals surface area (Å²) in [6.07, 6.45) is 2.28. The summed E-state index contributed by atoms with van der Waals surface area (Å²) in [5, 5.41) is 6.82. The first-order valence-electron chi connectivity index (χ1n) is 7.60. The number of hydrogen-bond acceptors (Lipinski definition) is 2. The maximum atomic E-state index is 12.4. The molecule has 1 aliphatic heterocycles. The summed E-state index contributed by atoms with van der Waals surface area (Å²) in [5.41, 5.74) is 2.60. The highest BCUT2D eigenvalue weighted by Gasteiger charge is 2.17. The van der Waals surface area contributed by atoms with Crippen molar-refractivity contribution in [3.63, 3.8) is 0 Å². The second-order valence-electron chi connectivity index (χ2n) is 5.56. The molecule has 0 aromatic heterocycles. The van der Waals surface area contributed by atoms with Gasteiger partial charge in [0.2, 0.25) is 0 Å². The first-order chi connectivity index (χ1) is 10.7. The summed E-state index contributed by atoms with van der Waals surface area (Å²) in [6, 6.07) is 15.9. The van der Waals surface area contributed by atoms with E-state index in [4.69, 9.17) is 11.6 Å². The Bertz CT molecular complexity index is 651. The zero-order valence-electron chi connectivity index (χ0n) is 12.3. The van der Waals surface area contributed by atoms with Crippen molar-refractivity contribution in [3.8, 4) is 11.1 Å². The molecular weight excluding hydrogens is 296 g/mol. The van der Waals surface area contributed by atoms with E-state index in [9.17, 15) is 4.79 Å². The fourth-order valence-electron chi connectivity index (χ4n) is 2.75. The SMILES string of the molecule is O=C(NCC1CCCN1)c1cc(-c2ccccc2)ccc1Cl. The summed E-state index contributed by atoms with van der Waals surface area (Å²) in [5.74, 6) is -0.114. The quantitative estimate of drug-likeness (QED) is 0.907. The molecule has 2 N–H and O–H groups in total. The third-order valence-corrected chi connectivity index (χ3v) is 4.32. The molecular formula is C18H19ClN2O. The van der Waals surface area contributed by atoms with Gasteiger partial charge in [-0.3, -0.25) is 4.79 Å². The fraction of sp³-hybridized carbons (Fsp3) is 0.278. The Labute approximate surface area is 135 Å². The maximum Gasteiger partial charge on any atom is 0.252 e. The first kappa shape index (κ1) is 15.1. The van der Waals surface area contributed by atoms with Gasteiger partial charge in [0.1, 0.15) is 0 Å². The Morgan fingerprint density at radius 2 is 2.00 bits per heavy atom. The molecule has 4 heteroatoms. The first-order valence-corrected chi connectivity index (χ1v) is 7.98. The predicted octanol–water partition coefficient (Wildman–Crippen LogP) is 3.49. The van der Waals surface area contributed by atoms with Gasteiger partial charge in [-0.1, -0.05) is 48.0 Å². The number of halogens is 1. The Balaban J connectivity index is 1.75. The van der Waals surface area contributed by atoms with E-state index in [0.717, 1.165) is 24.1 Å². The van der Waals surface area contributed by atoms with Gasteiger partial charge in [-0.05, 0) is 42.6 Å². The minimum atomic E-state index is -0.114. The van der Waals surface area contributed by atoms with Crippen LogP contribution in [0.4, 0.5) is 0 Å². The third-order valence-electron chi connectivity index (χ3n) is 3.99. The second kappa shape index (κ2) is 6.95. The van der Waals surface area contributed by atoms with E-state index in [-0.39, 0.29) is 5.91 Å². The molecule has 1 unspecified atom stereocenters.